The molecule has 1 saturated heterocycles. The van der Waals surface area contributed by atoms with Gasteiger partial charge in [0.25, 0.3) is 0 Å². The molecular formula is C13H12ClNO2. The van der Waals surface area contributed by atoms with E-state index >= 15 is 0 Å². The van der Waals surface area contributed by atoms with Crippen LogP contribution in [-0.2, 0) is 10.6 Å². The van der Waals surface area contributed by atoms with Crippen LogP contribution in [0.3, 0.4) is 0 Å². The molecule has 0 aliphatic carbocycles. The first-order valence-corrected chi connectivity index (χ1v) is 6.09. The van der Waals surface area contributed by atoms with Gasteiger partial charge in [0.15, 0.2) is 0 Å². The zero-order chi connectivity index (χ0) is 11.7. The van der Waals surface area contributed by atoms with Crippen LogP contribution < -0.4 is 4.74 Å². The molecule has 1 aromatic carbocycles. The van der Waals surface area contributed by atoms with Gasteiger partial charge >= 0.3 is 0 Å². The summed E-state index contributed by atoms with van der Waals surface area (Å²) in [4.78, 5) is 4.43. The Labute approximate surface area is 104 Å². The van der Waals surface area contributed by atoms with Gasteiger partial charge in [0.05, 0.1) is 24.8 Å². The SMILES string of the molecule is ClCc1cc2ccccc2c(OC2COC2)n1. The number of aromatic nitrogens is 1. The molecule has 4 heteroatoms. The van der Waals surface area contributed by atoms with Gasteiger partial charge in [-0.15, -0.1) is 11.6 Å². The second kappa shape index (κ2) is 4.51. The molecule has 17 heavy (non-hydrogen) atoms. The third-order valence-corrected chi connectivity index (χ3v) is 3.05. The molecule has 3 nitrogen and oxygen atoms in total. The van der Waals surface area contributed by atoms with Crippen LogP contribution in [0.15, 0.2) is 30.3 Å². The number of ether oxygens (including phenoxy) is 2. The Morgan fingerprint density at radius 2 is 2.18 bits per heavy atom. The number of hydrogen-bond donors (Lipinski definition) is 0. The summed E-state index contributed by atoms with van der Waals surface area (Å²) in [5.74, 6) is 1.05. The van der Waals surface area contributed by atoms with Crippen molar-refractivity contribution in [3.63, 3.8) is 0 Å². The number of fused-ring (bicyclic) bond motifs is 1. The fourth-order valence-electron chi connectivity index (χ4n) is 1.82. The average molecular weight is 250 g/mol. The molecule has 0 bridgehead atoms. The molecule has 1 fully saturated rings. The number of pyridine rings is 1. The molecule has 0 saturated carbocycles. The zero-order valence-electron chi connectivity index (χ0n) is 9.23. The molecule has 0 radical (unpaired) electrons. The van der Waals surface area contributed by atoms with E-state index in [0.717, 1.165) is 16.5 Å². The first-order valence-electron chi connectivity index (χ1n) is 5.56. The quantitative estimate of drug-likeness (QED) is 0.784. The number of nitrogens with zero attached hydrogens (tertiary/aromatic N) is 1. The van der Waals surface area contributed by atoms with Crippen molar-refractivity contribution in [2.24, 2.45) is 0 Å². The van der Waals surface area contributed by atoms with E-state index in [1.807, 2.05) is 30.3 Å². The first-order chi connectivity index (χ1) is 8.36. The molecule has 2 heterocycles. The molecule has 88 valence electrons. The van der Waals surface area contributed by atoms with E-state index in [1.54, 1.807) is 0 Å². The number of rotatable bonds is 3. The van der Waals surface area contributed by atoms with Gasteiger partial charge in [-0.3, -0.25) is 0 Å². The van der Waals surface area contributed by atoms with Crippen molar-refractivity contribution in [1.82, 2.24) is 4.98 Å². The summed E-state index contributed by atoms with van der Waals surface area (Å²) in [6, 6.07) is 10.0. The van der Waals surface area contributed by atoms with Crippen molar-refractivity contribution in [1.29, 1.82) is 0 Å². The zero-order valence-corrected chi connectivity index (χ0v) is 9.98. The molecule has 1 aliphatic heterocycles. The molecule has 1 aromatic heterocycles. The number of alkyl halides is 1. The van der Waals surface area contributed by atoms with E-state index in [2.05, 4.69) is 4.98 Å². The van der Waals surface area contributed by atoms with Gasteiger partial charge < -0.3 is 9.47 Å². The summed E-state index contributed by atoms with van der Waals surface area (Å²) in [6.07, 6.45) is 0.122. The third kappa shape index (κ3) is 2.08. The highest BCUT2D eigenvalue weighted by Crippen LogP contribution is 2.26. The highest BCUT2D eigenvalue weighted by molar-refractivity contribution is 6.17. The normalized spacial score (nSPS) is 15.8. The molecule has 0 unspecified atom stereocenters. The van der Waals surface area contributed by atoms with Crippen LogP contribution in [0.2, 0.25) is 0 Å². The minimum absolute atomic E-state index is 0.122. The van der Waals surface area contributed by atoms with Crippen molar-refractivity contribution < 1.29 is 9.47 Å². The van der Waals surface area contributed by atoms with E-state index in [-0.39, 0.29) is 6.10 Å². The Morgan fingerprint density at radius 3 is 2.88 bits per heavy atom. The number of halogens is 1. The molecule has 1 aliphatic rings. The van der Waals surface area contributed by atoms with E-state index < -0.39 is 0 Å². The summed E-state index contributed by atoms with van der Waals surface area (Å²) >= 11 is 5.84. The standard InChI is InChI=1S/C13H12ClNO2/c14-6-10-5-9-3-1-2-4-12(9)13(15-10)17-11-7-16-8-11/h1-5,11H,6-8H2. The number of hydrogen-bond acceptors (Lipinski definition) is 3. The lowest BCUT2D eigenvalue weighted by Crippen LogP contribution is -2.38. The largest absolute Gasteiger partial charge is 0.469 e. The van der Waals surface area contributed by atoms with Crippen LogP contribution in [0, 0.1) is 0 Å². The Hall–Kier alpha value is -1.32. The lowest BCUT2D eigenvalue weighted by molar-refractivity contribution is -0.0807. The third-order valence-electron chi connectivity index (χ3n) is 2.78. The summed E-state index contributed by atoms with van der Waals surface area (Å²) in [6.45, 7) is 1.28. The van der Waals surface area contributed by atoms with Crippen LogP contribution in [0.1, 0.15) is 5.69 Å². The van der Waals surface area contributed by atoms with E-state index in [9.17, 15) is 0 Å². The summed E-state index contributed by atoms with van der Waals surface area (Å²) < 4.78 is 10.9. The van der Waals surface area contributed by atoms with Crippen LogP contribution in [0.25, 0.3) is 10.8 Å². The monoisotopic (exact) mass is 249 g/mol. The number of benzene rings is 1. The second-order valence-corrected chi connectivity index (χ2v) is 4.32. The van der Waals surface area contributed by atoms with Crippen molar-refractivity contribution in [2.75, 3.05) is 13.2 Å². The summed E-state index contributed by atoms with van der Waals surface area (Å²) in [5.41, 5.74) is 0.834. The Morgan fingerprint density at radius 1 is 1.35 bits per heavy atom. The maximum atomic E-state index is 5.84. The summed E-state index contributed by atoms with van der Waals surface area (Å²) in [5, 5.41) is 2.13. The van der Waals surface area contributed by atoms with Gasteiger partial charge in [-0.1, -0.05) is 18.2 Å². The van der Waals surface area contributed by atoms with E-state index in [4.69, 9.17) is 21.1 Å². The van der Waals surface area contributed by atoms with Crippen LogP contribution in [0.4, 0.5) is 0 Å². The van der Waals surface area contributed by atoms with Gasteiger partial charge in [-0.2, -0.15) is 0 Å². The van der Waals surface area contributed by atoms with E-state index in [1.165, 1.54) is 0 Å². The van der Waals surface area contributed by atoms with Gasteiger partial charge in [0.2, 0.25) is 5.88 Å². The molecule has 0 amide bonds. The van der Waals surface area contributed by atoms with Crippen molar-refractivity contribution in [3.05, 3.63) is 36.0 Å². The van der Waals surface area contributed by atoms with Crippen LogP contribution >= 0.6 is 11.6 Å². The minimum atomic E-state index is 0.122. The molecule has 0 spiro atoms. The van der Waals surface area contributed by atoms with Gasteiger partial charge in [0, 0.05) is 5.39 Å². The Kier molecular flexibility index (Phi) is 2.87. The maximum absolute atomic E-state index is 5.84. The molecule has 3 rings (SSSR count). The van der Waals surface area contributed by atoms with E-state index in [0.29, 0.717) is 25.0 Å². The Balaban J connectivity index is 2.05. The average Bonchev–Trinajstić information content (AvgIpc) is 2.33. The van der Waals surface area contributed by atoms with Gasteiger partial charge in [0.1, 0.15) is 6.10 Å². The molecule has 0 N–H and O–H groups in total. The minimum Gasteiger partial charge on any atom is -0.469 e. The lowest BCUT2D eigenvalue weighted by Gasteiger charge is -2.26. The first kappa shape index (κ1) is 10.8. The van der Waals surface area contributed by atoms with Gasteiger partial charge in [-0.25, -0.2) is 4.98 Å². The van der Waals surface area contributed by atoms with Gasteiger partial charge in [-0.05, 0) is 17.5 Å². The fourth-order valence-corrected chi connectivity index (χ4v) is 1.96. The fraction of sp³-hybridized carbons (Fsp3) is 0.308. The topological polar surface area (TPSA) is 31.4 Å². The molecule has 0 atom stereocenters. The van der Waals surface area contributed by atoms with Crippen molar-refractivity contribution >= 4 is 22.4 Å². The highest BCUT2D eigenvalue weighted by atomic mass is 35.5. The van der Waals surface area contributed by atoms with Crippen LogP contribution in [-0.4, -0.2) is 24.3 Å². The predicted molar refractivity (Wildman–Crippen MR) is 66.5 cm³/mol. The highest BCUT2D eigenvalue weighted by Gasteiger charge is 2.21. The molecule has 2 aromatic rings. The smallest absolute Gasteiger partial charge is 0.222 e. The Bertz CT molecular complexity index is 540. The maximum Gasteiger partial charge on any atom is 0.222 e. The molecular weight excluding hydrogens is 238 g/mol. The second-order valence-electron chi connectivity index (χ2n) is 4.05. The predicted octanol–water partition coefficient (Wildman–Crippen LogP) is 2.75. The lowest BCUT2D eigenvalue weighted by atomic mass is 10.1. The van der Waals surface area contributed by atoms with Crippen LogP contribution in [0.5, 0.6) is 5.88 Å². The van der Waals surface area contributed by atoms with Crippen molar-refractivity contribution in [3.8, 4) is 5.88 Å². The summed E-state index contributed by atoms with van der Waals surface area (Å²) in [7, 11) is 0. The van der Waals surface area contributed by atoms with Crippen molar-refractivity contribution in [2.45, 2.75) is 12.0 Å².